The third-order valence-corrected chi connectivity index (χ3v) is 4.41. The van der Waals surface area contributed by atoms with Gasteiger partial charge in [0.05, 0.1) is 7.11 Å². The van der Waals surface area contributed by atoms with E-state index in [1.54, 1.807) is 7.11 Å². The van der Waals surface area contributed by atoms with Crippen molar-refractivity contribution in [3.8, 4) is 5.75 Å². The van der Waals surface area contributed by atoms with Crippen molar-refractivity contribution in [2.24, 2.45) is 11.3 Å². The van der Waals surface area contributed by atoms with Crippen LogP contribution < -0.4 is 10.1 Å². The molecular weight excluding hydrogens is 198 g/mol. The number of hydrogen-bond donors (Lipinski definition) is 1. The van der Waals surface area contributed by atoms with Gasteiger partial charge < -0.3 is 10.1 Å². The van der Waals surface area contributed by atoms with Gasteiger partial charge in [-0.15, -0.1) is 0 Å². The number of hydrogen-bond acceptors (Lipinski definition) is 2. The van der Waals surface area contributed by atoms with E-state index in [9.17, 15) is 0 Å². The number of benzene rings is 1. The first kappa shape index (κ1) is 10.2. The molecule has 2 fully saturated rings. The lowest BCUT2D eigenvalue weighted by atomic mass is 9.59. The molecule has 1 saturated heterocycles. The fourth-order valence-corrected chi connectivity index (χ4v) is 3.29. The van der Waals surface area contributed by atoms with E-state index < -0.39 is 0 Å². The molecule has 2 heteroatoms. The molecule has 0 bridgehead atoms. The van der Waals surface area contributed by atoms with Crippen LogP contribution in [0.4, 0.5) is 0 Å². The molecule has 1 heterocycles. The number of nitrogens with one attached hydrogen (secondary N) is 1. The monoisotopic (exact) mass is 217 g/mol. The maximum absolute atomic E-state index is 5.28. The minimum absolute atomic E-state index is 0.562. The summed E-state index contributed by atoms with van der Waals surface area (Å²) in [5.41, 5.74) is 1.99. The van der Waals surface area contributed by atoms with E-state index in [4.69, 9.17) is 4.74 Å². The highest BCUT2D eigenvalue weighted by Gasteiger charge is 2.49. The van der Waals surface area contributed by atoms with Crippen molar-refractivity contribution in [1.82, 2.24) is 5.32 Å². The van der Waals surface area contributed by atoms with Gasteiger partial charge in [0.15, 0.2) is 0 Å². The van der Waals surface area contributed by atoms with E-state index >= 15 is 0 Å². The Hall–Kier alpha value is -1.02. The third-order valence-electron chi connectivity index (χ3n) is 4.41. The molecule has 0 aromatic heterocycles. The standard InChI is InChI=1S/C14H19NO/c1-16-13-4-2-3-11(7-13)8-14-6-5-12(14)9-15-10-14/h2-4,7,12,15H,5-6,8-10H2,1H3. The summed E-state index contributed by atoms with van der Waals surface area (Å²) in [4.78, 5) is 0. The molecule has 86 valence electrons. The van der Waals surface area contributed by atoms with E-state index in [1.807, 2.05) is 6.07 Å². The molecule has 16 heavy (non-hydrogen) atoms. The summed E-state index contributed by atoms with van der Waals surface area (Å²) >= 11 is 0. The van der Waals surface area contributed by atoms with Crippen LogP contribution in [-0.2, 0) is 6.42 Å². The van der Waals surface area contributed by atoms with Crippen LogP contribution in [0.3, 0.4) is 0 Å². The molecule has 2 atom stereocenters. The Labute approximate surface area is 97.0 Å². The summed E-state index contributed by atoms with van der Waals surface area (Å²) in [6, 6.07) is 8.53. The van der Waals surface area contributed by atoms with Crippen LogP contribution in [-0.4, -0.2) is 20.2 Å². The summed E-state index contributed by atoms with van der Waals surface area (Å²) in [5.74, 6) is 1.90. The molecule has 1 aromatic rings. The van der Waals surface area contributed by atoms with Gasteiger partial charge in [0.2, 0.25) is 0 Å². The van der Waals surface area contributed by atoms with E-state index in [0.29, 0.717) is 5.41 Å². The summed E-state index contributed by atoms with van der Waals surface area (Å²) < 4.78 is 5.28. The average Bonchev–Trinajstić information content (AvgIpc) is 2.57. The summed E-state index contributed by atoms with van der Waals surface area (Å²) in [7, 11) is 1.74. The Morgan fingerprint density at radius 3 is 3.12 bits per heavy atom. The minimum Gasteiger partial charge on any atom is -0.497 e. The lowest BCUT2D eigenvalue weighted by molar-refractivity contribution is 0.0863. The molecule has 0 amide bonds. The molecule has 0 spiro atoms. The number of rotatable bonds is 3. The van der Waals surface area contributed by atoms with Crippen LogP contribution in [0.2, 0.25) is 0 Å². The molecule has 1 aliphatic carbocycles. The lowest BCUT2D eigenvalue weighted by Crippen LogP contribution is -2.41. The first-order valence-electron chi connectivity index (χ1n) is 6.16. The number of fused-ring (bicyclic) bond motifs is 1. The van der Waals surface area contributed by atoms with E-state index in [2.05, 4.69) is 23.5 Å². The molecule has 2 unspecified atom stereocenters. The second kappa shape index (κ2) is 3.77. The Balaban J connectivity index is 1.78. The highest BCUT2D eigenvalue weighted by atomic mass is 16.5. The van der Waals surface area contributed by atoms with Gasteiger partial charge >= 0.3 is 0 Å². The van der Waals surface area contributed by atoms with Crippen molar-refractivity contribution < 1.29 is 4.74 Å². The van der Waals surface area contributed by atoms with Gasteiger partial charge in [-0.3, -0.25) is 0 Å². The molecule has 2 nitrogen and oxygen atoms in total. The summed E-state index contributed by atoms with van der Waals surface area (Å²) in [5, 5.41) is 3.54. The Kier molecular flexibility index (Phi) is 2.40. The fraction of sp³-hybridized carbons (Fsp3) is 0.571. The maximum Gasteiger partial charge on any atom is 0.119 e. The van der Waals surface area contributed by atoms with Crippen LogP contribution in [0.5, 0.6) is 5.75 Å². The molecule has 2 aliphatic rings. The van der Waals surface area contributed by atoms with Crippen molar-refractivity contribution in [2.45, 2.75) is 19.3 Å². The van der Waals surface area contributed by atoms with Gasteiger partial charge in [0.1, 0.15) is 5.75 Å². The zero-order chi connectivity index (χ0) is 11.0. The fourth-order valence-electron chi connectivity index (χ4n) is 3.29. The van der Waals surface area contributed by atoms with Crippen molar-refractivity contribution in [3.05, 3.63) is 29.8 Å². The van der Waals surface area contributed by atoms with Gasteiger partial charge in [0.25, 0.3) is 0 Å². The van der Waals surface area contributed by atoms with Gasteiger partial charge in [-0.05, 0) is 54.8 Å². The largest absolute Gasteiger partial charge is 0.497 e. The zero-order valence-corrected chi connectivity index (χ0v) is 9.83. The predicted molar refractivity (Wildman–Crippen MR) is 64.7 cm³/mol. The smallest absolute Gasteiger partial charge is 0.119 e. The van der Waals surface area contributed by atoms with Crippen LogP contribution >= 0.6 is 0 Å². The Morgan fingerprint density at radius 1 is 1.50 bits per heavy atom. The molecule has 3 rings (SSSR count). The van der Waals surface area contributed by atoms with Crippen LogP contribution in [0.25, 0.3) is 0 Å². The van der Waals surface area contributed by atoms with E-state index in [-0.39, 0.29) is 0 Å². The average molecular weight is 217 g/mol. The second-order valence-corrected chi connectivity index (χ2v) is 5.26. The quantitative estimate of drug-likeness (QED) is 0.838. The van der Waals surface area contributed by atoms with Gasteiger partial charge in [-0.1, -0.05) is 12.1 Å². The van der Waals surface area contributed by atoms with Crippen molar-refractivity contribution in [2.75, 3.05) is 20.2 Å². The first-order chi connectivity index (χ1) is 7.82. The normalized spacial score (nSPS) is 31.9. The highest BCUT2D eigenvalue weighted by molar-refractivity contribution is 5.30. The summed E-state index contributed by atoms with van der Waals surface area (Å²) in [6.07, 6.45) is 4.01. The van der Waals surface area contributed by atoms with Crippen LogP contribution in [0.15, 0.2) is 24.3 Å². The predicted octanol–water partition coefficient (Wildman–Crippen LogP) is 2.24. The number of ether oxygens (including phenoxy) is 1. The highest BCUT2D eigenvalue weighted by Crippen LogP contribution is 2.51. The van der Waals surface area contributed by atoms with Gasteiger partial charge in [0, 0.05) is 6.54 Å². The second-order valence-electron chi connectivity index (χ2n) is 5.26. The van der Waals surface area contributed by atoms with Crippen molar-refractivity contribution >= 4 is 0 Å². The molecule has 1 saturated carbocycles. The molecule has 1 aliphatic heterocycles. The molecule has 1 N–H and O–H groups in total. The maximum atomic E-state index is 5.28. The molecule has 0 radical (unpaired) electrons. The number of methoxy groups -OCH3 is 1. The SMILES string of the molecule is COc1cccc(CC23CCC2CNC3)c1. The Bertz CT molecular complexity index is 390. The zero-order valence-electron chi connectivity index (χ0n) is 9.83. The lowest BCUT2D eigenvalue weighted by Gasteiger charge is -2.44. The van der Waals surface area contributed by atoms with Gasteiger partial charge in [-0.2, -0.15) is 0 Å². The van der Waals surface area contributed by atoms with E-state index in [1.165, 1.54) is 37.9 Å². The van der Waals surface area contributed by atoms with Crippen molar-refractivity contribution in [1.29, 1.82) is 0 Å². The summed E-state index contributed by atoms with van der Waals surface area (Å²) in [6.45, 7) is 2.43. The minimum atomic E-state index is 0.562. The molecular formula is C14H19NO. The molecule has 1 aromatic carbocycles. The van der Waals surface area contributed by atoms with E-state index in [0.717, 1.165) is 11.7 Å². The Morgan fingerprint density at radius 2 is 2.44 bits per heavy atom. The van der Waals surface area contributed by atoms with Crippen molar-refractivity contribution in [3.63, 3.8) is 0 Å². The third kappa shape index (κ3) is 1.52. The van der Waals surface area contributed by atoms with Crippen LogP contribution in [0.1, 0.15) is 18.4 Å². The van der Waals surface area contributed by atoms with Gasteiger partial charge in [-0.25, -0.2) is 0 Å². The van der Waals surface area contributed by atoms with Crippen LogP contribution in [0, 0.1) is 11.3 Å². The first-order valence-corrected chi connectivity index (χ1v) is 6.16. The topological polar surface area (TPSA) is 21.3 Å².